The monoisotopic (exact) mass is 229 g/mol. The van der Waals surface area contributed by atoms with Crippen LogP contribution in [0.5, 0.6) is 0 Å². The molecule has 3 rings (SSSR count). The van der Waals surface area contributed by atoms with E-state index in [0.29, 0.717) is 0 Å². The predicted molar refractivity (Wildman–Crippen MR) is 64.7 cm³/mol. The van der Waals surface area contributed by atoms with Gasteiger partial charge in [-0.25, -0.2) is 4.79 Å². The summed E-state index contributed by atoms with van der Waals surface area (Å²) in [4.78, 5) is 16.4. The topological polar surface area (TPSA) is 38.7 Å². The minimum atomic E-state index is -0.166. The van der Waals surface area contributed by atoms with E-state index in [9.17, 15) is 4.79 Å². The molecule has 1 aromatic carbocycles. The summed E-state index contributed by atoms with van der Waals surface area (Å²) in [6.07, 6.45) is 4.98. The lowest BCUT2D eigenvalue weighted by Crippen LogP contribution is -2.13. The van der Waals surface area contributed by atoms with Crippen LogP contribution in [0.1, 0.15) is 36.8 Å². The molecule has 0 saturated heterocycles. The lowest BCUT2D eigenvalue weighted by atomic mass is 9.90. The maximum atomic E-state index is 11.4. The van der Waals surface area contributed by atoms with Crippen LogP contribution in [-0.2, 0) is 16.1 Å². The van der Waals surface area contributed by atoms with Crippen LogP contribution in [0.3, 0.4) is 0 Å². The fraction of sp³-hybridized carbons (Fsp3) is 0.429. The number of aryl methyl sites for hydroxylation is 1. The van der Waals surface area contributed by atoms with Gasteiger partial charge in [0.2, 0.25) is 0 Å². The fourth-order valence-electron chi connectivity index (χ4n) is 2.19. The Bertz CT molecular complexity index is 475. The van der Waals surface area contributed by atoms with Gasteiger partial charge in [-0.2, -0.15) is 0 Å². The Labute approximate surface area is 100 Å². The van der Waals surface area contributed by atoms with Gasteiger partial charge >= 0.3 is 5.97 Å². The second kappa shape index (κ2) is 4.32. The van der Waals surface area contributed by atoms with Gasteiger partial charge in [-0.05, 0) is 37.7 Å². The summed E-state index contributed by atoms with van der Waals surface area (Å²) in [5.74, 6) is -0.0567. The molecule has 0 spiro atoms. The lowest BCUT2D eigenvalue weighted by Gasteiger charge is -2.16. The van der Waals surface area contributed by atoms with Gasteiger partial charge in [0.15, 0.2) is 0 Å². The molecular formula is C14H15NO2. The van der Waals surface area contributed by atoms with Crippen molar-refractivity contribution in [2.24, 2.45) is 11.1 Å². The van der Waals surface area contributed by atoms with Crippen LogP contribution >= 0.6 is 0 Å². The van der Waals surface area contributed by atoms with Crippen molar-refractivity contribution >= 4 is 11.7 Å². The van der Waals surface area contributed by atoms with E-state index in [1.54, 1.807) is 0 Å². The van der Waals surface area contributed by atoms with Crippen molar-refractivity contribution in [1.82, 2.24) is 0 Å². The molecule has 88 valence electrons. The molecule has 0 aromatic heterocycles. The molecule has 0 bridgehead atoms. The molecule has 0 radical (unpaired) electrons. The quantitative estimate of drug-likeness (QED) is 0.577. The average Bonchev–Trinajstić information content (AvgIpc) is 3.20. The smallest absolute Gasteiger partial charge is 0.318 e. The zero-order chi connectivity index (χ0) is 11.7. The molecule has 0 unspecified atom stereocenters. The van der Waals surface area contributed by atoms with E-state index in [4.69, 9.17) is 4.84 Å². The molecule has 0 N–H and O–H groups in total. The third kappa shape index (κ3) is 2.23. The van der Waals surface area contributed by atoms with Crippen molar-refractivity contribution in [3.05, 3.63) is 35.4 Å². The number of fused-ring (bicyclic) bond motifs is 1. The SMILES string of the molecule is O=C(O/N=C1/CCCc2ccccc21)C1CC1. The molecule has 0 amide bonds. The van der Waals surface area contributed by atoms with Crippen LogP contribution in [0.2, 0.25) is 0 Å². The van der Waals surface area contributed by atoms with Crippen molar-refractivity contribution in [2.75, 3.05) is 0 Å². The van der Waals surface area contributed by atoms with E-state index in [1.165, 1.54) is 5.56 Å². The second-order valence-electron chi connectivity index (χ2n) is 4.73. The number of nitrogens with zero attached hydrogens (tertiary/aromatic N) is 1. The molecule has 17 heavy (non-hydrogen) atoms. The van der Waals surface area contributed by atoms with Crippen molar-refractivity contribution in [1.29, 1.82) is 0 Å². The standard InChI is InChI=1S/C14H15NO2/c16-14(11-8-9-11)17-15-13-7-3-5-10-4-1-2-6-12(10)13/h1-2,4,6,11H,3,5,7-9H2/b15-13-. The number of benzene rings is 1. The first-order chi connectivity index (χ1) is 8.34. The van der Waals surface area contributed by atoms with E-state index in [2.05, 4.69) is 17.3 Å². The van der Waals surface area contributed by atoms with Gasteiger partial charge in [-0.3, -0.25) is 0 Å². The van der Waals surface area contributed by atoms with Crippen LogP contribution in [0.25, 0.3) is 0 Å². The highest BCUT2D eigenvalue weighted by atomic mass is 16.7. The molecule has 0 aliphatic heterocycles. The van der Waals surface area contributed by atoms with Crippen LogP contribution < -0.4 is 0 Å². The third-order valence-electron chi connectivity index (χ3n) is 3.34. The summed E-state index contributed by atoms with van der Waals surface area (Å²) < 4.78 is 0. The zero-order valence-corrected chi connectivity index (χ0v) is 9.69. The highest BCUT2D eigenvalue weighted by Crippen LogP contribution is 2.30. The minimum Gasteiger partial charge on any atom is -0.318 e. The second-order valence-corrected chi connectivity index (χ2v) is 4.73. The Hall–Kier alpha value is -1.64. The molecular weight excluding hydrogens is 214 g/mol. The fourth-order valence-corrected chi connectivity index (χ4v) is 2.19. The van der Waals surface area contributed by atoms with Gasteiger partial charge in [0, 0.05) is 5.56 Å². The van der Waals surface area contributed by atoms with E-state index in [0.717, 1.165) is 43.4 Å². The first-order valence-electron chi connectivity index (χ1n) is 6.20. The summed E-state index contributed by atoms with van der Waals surface area (Å²) in [5, 5.41) is 4.05. The van der Waals surface area contributed by atoms with Gasteiger partial charge < -0.3 is 4.84 Å². The number of oxime groups is 1. The zero-order valence-electron chi connectivity index (χ0n) is 9.69. The highest BCUT2D eigenvalue weighted by Gasteiger charge is 2.32. The summed E-state index contributed by atoms with van der Waals surface area (Å²) in [6.45, 7) is 0. The summed E-state index contributed by atoms with van der Waals surface area (Å²) in [7, 11) is 0. The van der Waals surface area contributed by atoms with Gasteiger partial charge in [-0.1, -0.05) is 29.4 Å². The predicted octanol–water partition coefficient (Wildman–Crippen LogP) is 2.68. The first-order valence-corrected chi connectivity index (χ1v) is 6.20. The maximum absolute atomic E-state index is 11.4. The van der Waals surface area contributed by atoms with Crippen molar-refractivity contribution in [2.45, 2.75) is 32.1 Å². The maximum Gasteiger partial charge on any atom is 0.338 e. The Morgan fingerprint density at radius 3 is 2.88 bits per heavy atom. The van der Waals surface area contributed by atoms with E-state index >= 15 is 0 Å². The van der Waals surface area contributed by atoms with Gasteiger partial charge in [0.05, 0.1) is 11.6 Å². The first kappa shape index (κ1) is 10.5. The van der Waals surface area contributed by atoms with Crippen molar-refractivity contribution in [3.63, 3.8) is 0 Å². The lowest BCUT2D eigenvalue weighted by molar-refractivity contribution is -0.145. The number of carbonyl (C=O) groups is 1. The summed E-state index contributed by atoms with van der Waals surface area (Å²) >= 11 is 0. The number of rotatable bonds is 2. The Balaban J connectivity index is 1.79. The summed E-state index contributed by atoms with van der Waals surface area (Å²) in [6, 6.07) is 8.21. The van der Waals surface area contributed by atoms with E-state index in [-0.39, 0.29) is 11.9 Å². The van der Waals surface area contributed by atoms with Crippen LogP contribution in [0, 0.1) is 5.92 Å². The average molecular weight is 229 g/mol. The normalized spacial score (nSPS) is 21.1. The van der Waals surface area contributed by atoms with Gasteiger partial charge in [0.25, 0.3) is 0 Å². The van der Waals surface area contributed by atoms with E-state index < -0.39 is 0 Å². The Kier molecular flexibility index (Phi) is 2.67. The molecule has 1 aromatic rings. The number of hydrogen-bond donors (Lipinski definition) is 0. The van der Waals surface area contributed by atoms with Crippen molar-refractivity contribution in [3.8, 4) is 0 Å². The molecule has 2 aliphatic carbocycles. The largest absolute Gasteiger partial charge is 0.338 e. The van der Waals surface area contributed by atoms with Crippen LogP contribution in [0.15, 0.2) is 29.4 Å². The highest BCUT2D eigenvalue weighted by molar-refractivity contribution is 6.02. The minimum absolute atomic E-state index is 0.109. The third-order valence-corrected chi connectivity index (χ3v) is 3.34. The summed E-state index contributed by atoms with van der Waals surface area (Å²) in [5.41, 5.74) is 3.36. The number of carbonyl (C=O) groups excluding carboxylic acids is 1. The molecule has 0 heterocycles. The van der Waals surface area contributed by atoms with Crippen LogP contribution in [-0.4, -0.2) is 11.7 Å². The van der Waals surface area contributed by atoms with E-state index in [1.807, 2.05) is 12.1 Å². The molecule has 3 heteroatoms. The molecule has 0 atom stereocenters. The molecule has 2 aliphatic rings. The van der Waals surface area contributed by atoms with Crippen molar-refractivity contribution < 1.29 is 9.63 Å². The number of hydrogen-bond acceptors (Lipinski definition) is 3. The molecule has 1 fully saturated rings. The van der Waals surface area contributed by atoms with Gasteiger partial charge in [0.1, 0.15) is 0 Å². The Morgan fingerprint density at radius 1 is 1.24 bits per heavy atom. The van der Waals surface area contributed by atoms with Gasteiger partial charge in [-0.15, -0.1) is 0 Å². The Morgan fingerprint density at radius 2 is 2.06 bits per heavy atom. The van der Waals surface area contributed by atoms with Crippen LogP contribution in [0.4, 0.5) is 0 Å². The molecule has 3 nitrogen and oxygen atoms in total. The molecule has 1 saturated carbocycles.